The van der Waals surface area contributed by atoms with E-state index >= 15 is 0 Å². The number of hydrogen-bond acceptors (Lipinski definition) is 2. The van der Waals surface area contributed by atoms with E-state index < -0.39 is 0 Å². The Hall–Kier alpha value is -0.0800. The summed E-state index contributed by atoms with van der Waals surface area (Å²) in [5, 5.41) is 0. The lowest BCUT2D eigenvalue weighted by molar-refractivity contribution is 0.0272. The molecule has 0 aromatic carbocycles. The molecule has 5 atom stereocenters. The van der Waals surface area contributed by atoms with Crippen molar-refractivity contribution in [1.82, 2.24) is 0 Å². The zero-order valence-electron chi connectivity index (χ0n) is 20.8. The second kappa shape index (κ2) is 18.0. The predicted octanol–water partition coefficient (Wildman–Crippen LogP) is 8.14. The van der Waals surface area contributed by atoms with Gasteiger partial charge in [-0.2, -0.15) is 0 Å². The summed E-state index contributed by atoms with van der Waals surface area (Å²) < 4.78 is 11.6. The van der Waals surface area contributed by atoms with Crippen molar-refractivity contribution in [2.75, 3.05) is 6.61 Å². The van der Waals surface area contributed by atoms with Crippen molar-refractivity contribution in [2.24, 2.45) is 23.7 Å². The zero-order valence-corrected chi connectivity index (χ0v) is 20.8. The predicted molar refractivity (Wildman–Crippen MR) is 122 cm³/mol. The number of rotatable bonds is 9. The minimum atomic E-state index is 0.490. The first-order valence-corrected chi connectivity index (χ1v) is 12.0. The second-order valence-corrected chi connectivity index (χ2v) is 8.84. The Morgan fingerprint density at radius 1 is 0.704 bits per heavy atom. The molecule has 0 radical (unpaired) electrons. The van der Waals surface area contributed by atoms with Crippen molar-refractivity contribution in [3.8, 4) is 0 Å². The highest BCUT2D eigenvalue weighted by Gasteiger charge is 2.36. The molecule has 1 saturated heterocycles. The van der Waals surface area contributed by atoms with Crippen LogP contribution in [0, 0.1) is 23.7 Å². The maximum atomic E-state index is 5.88. The molecule has 0 aromatic heterocycles. The smallest absolute Gasteiger partial charge is 0.0605 e. The van der Waals surface area contributed by atoms with Crippen molar-refractivity contribution in [2.45, 2.75) is 133 Å². The van der Waals surface area contributed by atoms with Crippen LogP contribution in [0.4, 0.5) is 0 Å². The molecule has 0 saturated carbocycles. The summed E-state index contributed by atoms with van der Waals surface area (Å²) in [6.45, 7) is 25.5. The summed E-state index contributed by atoms with van der Waals surface area (Å²) in [6.07, 6.45) is 8.69. The van der Waals surface area contributed by atoms with Gasteiger partial charge >= 0.3 is 0 Å². The topological polar surface area (TPSA) is 18.5 Å². The fourth-order valence-corrected chi connectivity index (χ4v) is 3.03. The lowest BCUT2D eigenvalue weighted by atomic mass is 9.89. The van der Waals surface area contributed by atoms with Gasteiger partial charge in [0.25, 0.3) is 0 Å². The SMILES string of the molecule is CCC(C)C.CCC(C)COC(CC)CC.CCC1OC(CC)C(C)C1C. The summed E-state index contributed by atoms with van der Waals surface area (Å²) in [5.41, 5.74) is 0. The van der Waals surface area contributed by atoms with Crippen LogP contribution < -0.4 is 0 Å². The van der Waals surface area contributed by atoms with E-state index in [9.17, 15) is 0 Å². The average Bonchev–Trinajstić information content (AvgIpc) is 2.97. The Labute approximate surface area is 173 Å². The molecule has 0 aliphatic carbocycles. The third kappa shape index (κ3) is 13.7. The normalized spacial score (nSPS) is 25.7. The molecule has 2 nitrogen and oxygen atoms in total. The van der Waals surface area contributed by atoms with Gasteiger partial charge in [-0.15, -0.1) is 0 Å². The van der Waals surface area contributed by atoms with Gasteiger partial charge in [-0.3, -0.25) is 0 Å². The third-order valence-electron chi connectivity index (χ3n) is 6.20. The van der Waals surface area contributed by atoms with Gasteiger partial charge in [0.05, 0.1) is 18.3 Å². The molecule has 0 bridgehead atoms. The highest BCUT2D eigenvalue weighted by atomic mass is 16.5. The van der Waals surface area contributed by atoms with Gasteiger partial charge in [0.1, 0.15) is 0 Å². The summed E-state index contributed by atoms with van der Waals surface area (Å²) >= 11 is 0. The molecule has 1 aliphatic heterocycles. The molecule has 1 fully saturated rings. The Morgan fingerprint density at radius 3 is 1.33 bits per heavy atom. The first-order valence-electron chi connectivity index (χ1n) is 12.0. The summed E-state index contributed by atoms with van der Waals surface area (Å²) in [4.78, 5) is 0. The van der Waals surface area contributed by atoms with Crippen molar-refractivity contribution in [3.05, 3.63) is 0 Å². The molecule has 1 rings (SSSR count). The fourth-order valence-electron chi connectivity index (χ4n) is 3.03. The van der Waals surface area contributed by atoms with Crippen LogP contribution in [0.3, 0.4) is 0 Å². The molecule has 1 heterocycles. The Morgan fingerprint density at radius 2 is 1.11 bits per heavy atom. The molecule has 166 valence electrons. The lowest BCUT2D eigenvalue weighted by Crippen LogP contribution is -2.15. The van der Waals surface area contributed by atoms with Crippen molar-refractivity contribution < 1.29 is 9.47 Å². The Balaban J connectivity index is 0. The van der Waals surface area contributed by atoms with Crippen LogP contribution in [-0.2, 0) is 9.47 Å². The summed E-state index contributed by atoms with van der Waals surface area (Å²) in [6, 6.07) is 0. The van der Waals surface area contributed by atoms with Gasteiger partial charge in [0.2, 0.25) is 0 Å². The average molecular weight is 387 g/mol. The third-order valence-corrected chi connectivity index (χ3v) is 6.20. The molecule has 0 amide bonds. The van der Waals surface area contributed by atoms with Gasteiger partial charge in [-0.1, -0.05) is 89.0 Å². The molecule has 1 aliphatic rings. The first-order chi connectivity index (χ1) is 12.7. The van der Waals surface area contributed by atoms with E-state index in [1.165, 1.54) is 25.7 Å². The van der Waals surface area contributed by atoms with Crippen LogP contribution in [0.1, 0.15) is 115 Å². The zero-order chi connectivity index (χ0) is 21.4. The molecule has 5 unspecified atom stereocenters. The van der Waals surface area contributed by atoms with Gasteiger partial charge in [-0.05, 0) is 49.4 Å². The van der Waals surface area contributed by atoms with E-state index in [0.29, 0.717) is 18.3 Å². The minimum Gasteiger partial charge on any atom is -0.378 e. The van der Waals surface area contributed by atoms with Gasteiger partial charge in [0.15, 0.2) is 0 Å². The van der Waals surface area contributed by atoms with Crippen LogP contribution in [0.5, 0.6) is 0 Å². The van der Waals surface area contributed by atoms with E-state index in [0.717, 1.165) is 43.1 Å². The molecule has 27 heavy (non-hydrogen) atoms. The van der Waals surface area contributed by atoms with E-state index in [-0.39, 0.29) is 0 Å². The standard InChI is InChI=1S/C10H20O.C10H22O.C5H12/c1-5-9-7(3)8(4)10(6-2)11-9;1-5-9(4)8-11-10(6-2)7-3;1-4-5(2)3/h7-10H,5-6H2,1-4H3;9-10H,5-8H2,1-4H3;5H,4H2,1-3H3. The fraction of sp³-hybridized carbons (Fsp3) is 1.00. The molecular weight excluding hydrogens is 332 g/mol. The van der Waals surface area contributed by atoms with Gasteiger partial charge in [-0.25, -0.2) is 0 Å². The molecule has 0 N–H and O–H groups in total. The largest absolute Gasteiger partial charge is 0.378 e. The van der Waals surface area contributed by atoms with E-state index in [2.05, 4.69) is 76.2 Å². The van der Waals surface area contributed by atoms with E-state index in [1.807, 2.05) is 0 Å². The monoisotopic (exact) mass is 386 g/mol. The second-order valence-electron chi connectivity index (χ2n) is 8.84. The maximum absolute atomic E-state index is 5.88. The molecule has 2 heteroatoms. The lowest BCUT2D eigenvalue weighted by Gasteiger charge is -2.16. The van der Waals surface area contributed by atoms with E-state index in [4.69, 9.17) is 9.47 Å². The van der Waals surface area contributed by atoms with Crippen molar-refractivity contribution >= 4 is 0 Å². The summed E-state index contributed by atoms with van der Waals surface area (Å²) in [5.74, 6) is 3.11. The Bertz CT molecular complexity index is 281. The quantitative estimate of drug-likeness (QED) is 0.398. The molecule has 0 aromatic rings. The Kier molecular flexibility index (Phi) is 19.4. The van der Waals surface area contributed by atoms with Gasteiger partial charge < -0.3 is 9.47 Å². The molecular formula is C25H54O2. The maximum Gasteiger partial charge on any atom is 0.0605 e. The van der Waals surface area contributed by atoms with Crippen LogP contribution in [0.15, 0.2) is 0 Å². The number of hydrogen-bond donors (Lipinski definition) is 0. The van der Waals surface area contributed by atoms with Crippen LogP contribution in [0.25, 0.3) is 0 Å². The van der Waals surface area contributed by atoms with E-state index in [1.54, 1.807) is 0 Å². The van der Waals surface area contributed by atoms with Crippen molar-refractivity contribution in [3.63, 3.8) is 0 Å². The highest BCUT2D eigenvalue weighted by molar-refractivity contribution is 4.83. The highest BCUT2D eigenvalue weighted by Crippen LogP contribution is 2.34. The van der Waals surface area contributed by atoms with Crippen molar-refractivity contribution in [1.29, 1.82) is 0 Å². The van der Waals surface area contributed by atoms with Crippen LogP contribution >= 0.6 is 0 Å². The van der Waals surface area contributed by atoms with Gasteiger partial charge in [0, 0.05) is 6.61 Å². The minimum absolute atomic E-state index is 0.490. The molecule has 0 spiro atoms. The number of ether oxygens (including phenoxy) is 2. The summed E-state index contributed by atoms with van der Waals surface area (Å²) in [7, 11) is 0. The first kappa shape index (κ1) is 29.1. The van der Waals surface area contributed by atoms with Crippen LogP contribution in [-0.4, -0.2) is 24.9 Å². The van der Waals surface area contributed by atoms with Crippen LogP contribution in [0.2, 0.25) is 0 Å².